The van der Waals surface area contributed by atoms with Gasteiger partial charge in [0.2, 0.25) is 0 Å². The van der Waals surface area contributed by atoms with Crippen molar-refractivity contribution in [2.24, 2.45) is 10.9 Å². The normalized spacial score (nSPS) is 11.8. The van der Waals surface area contributed by atoms with Gasteiger partial charge in [-0.25, -0.2) is 8.78 Å². The summed E-state index contributed by atoms with van der Waals surface area (Å²) in [5.74, 6) is -3.32. The molecule has 6 heteroatoms. The standard InChI is InChI=1S/C8H8F2N2O2/c1-3-5(13)2-4(9)6(7(3)10)8(11)12-14/h2,13-14H,1H3,(H2,11,12). The van der Waals surface area contributed by atoms with Crippen molar-refractivity contribution in [1.29, 1.82) is 0 Å². The Morgan fingerprint density at radius 1 is 1.50 bits per heavy atom. The molecule has 0 radical (unpaired) electrons. The molecule has 0 saturated carbocycles. The number of hydrogen-bond acceptors (Lipinski definition) is 3. The second-order valence-electron chi connectivity index (χ2n) is 2.68. The van der Waals surface area contributed by atoms with E-state index >= 15 is 0 Å². The highest BCUT2D eigenvalue weighted by molar-refractivity contribution is 5.97. The molecule has 0 aromatic heterocycles. The van der Waals surface area contributed by atoms with Gasteiger partial charge in [-0.05, 0) is 6.92 Å². The largest absolute Gasteiger partial charge is 0.507 e. The maximum atomic E-state index is 13.3. The van der Waals surface area contributed by atoms with Crippen LogP contribution in [0.4, 0.5) is 8.78 Å². The van der Waals surface area contributed by atoms with Crippen LogP contribution in [-0.4, -0.2) is 16.1 Å². The molecule has 0 unspecified atom stereocenters. The molecule has 0 aliphatic rings. The first kappa shape index (κ1) is 10.2. The molecule has 0 bridgehead atoms. The number of aromatic hydroxyl groups is 1. The fraction of sp³-hybridized carbons (Fsp3) is 0.125. The van der Waals surface area contributed by atoms with E-state index in [1.165, 1.54) is 6.92 Å². The number of nitrogens with zero attached hydrogens (tertiary/aromatic N) is 1. The molecule has 0 atom stereocenters. The number of oxime groups is 1. The van der Waals surface area contributed by atoms with Gasteiger partial charge in [-0.1, -0.05) is 5.16 Å². The van der Waals surface area contributed by atoms with E-state index in [1.54, 1.807) is 0 Å². The lowest BCUT2D eigenvalue weighted by Crippen LogP contribution is -2.18. The molecular formula is C8H8F2N2O2. The van der Waals surface area contributed by atoms with Crippen LogP contribution in [0, 0.1) is 18.6 Å². The molecule has 0 amide bonds. The maximum Gasteiger partial charge on any atom is 0.176 e. The van der Waals surface area contributed by atoms with E-state index in [2.05, 4.69) is 5.16 Å². The third-order valence-corrected chi connectivity index (χ3v) is 1.80. The Morgan fingerprint density at radius 3 is 2.57 bits per heavy atom. The van der Waals surface area contributed by atoms with Gasteiger partial charge in [-0.15, -0.1) is 0 Å². The van der Waals surface area contributed by atoms with Crippen LogP contribution in [0.2, 0.25) is 0 Å². The summed E-state index contributed by atoms with van der Waals surface area (Å²) in [6.07, 6.45) is 0. The van der Waals surface area contributed by atoms with E-state index in [4.69, 9.17) is 16.0 Å². The molecule has 0 aliphatic heterocycles. The molecule has 1 aromatic rings. The smallest absolute Gasteiger partial charge is 0.176 e. The summed E-state index contributed by atoms with van der Waals surface area (Å²) in [6.45, 7) is 1.25. The second-order valence-corrected chi connectivity index (χ2v) is 2.68. The lowest BCUT2D eigenvalue weighted by Gasteiger charge is -2.07. The van der Waals surface area contributed by atoms with Gasteiger partial charge < -0.3 is 16.0 Å². The van der Waals surface area contributed by atoms with E-state index in [0.717, 1.165) is 0 Å². The van der Waals surface area contributed by atoms with Gasteiger partial charge in [0.25, 0.3) is 0 Å². The Morgan fingerprint density at radius 2 is 2.07 bits per heavy atom. The molecule has 0 heterocycles. The van der Waals surface area contributed by atoms with E-state index in [9.17, 15) is 8.78 Å². The average molecular weight is 202 g/mol. The van der Waals surface area contributed by atoms with Crippen molar-refractivity contribution >= 4 is 5.84 Å². The number of nitrogens with two attached hydrogens (primary N) is 1. The third-order valence-electron chi connectivity index (χ3n) is 1.80. The Kier molecular flexibility index (Phi) is 2.55. The van der Waals surface area contributed by atoms with Crippen molar-refractivity contribution in [1.82, 2.24) is 0 Å². The quantitative estimate of drug-likeness (QED) is 0.276. The fourth-order valence-corrected chi connectivity index (χ4v) is 0.990. The Balaban J connectivity index is 3.52. The van der Waals surface area contributed by atoms with Gasteiger partial charge >= 0.3 is 0 Å². The summed E-state index contributed by atoms with van der Waals surface area (Å²) in [6, 6.07) is 0.700. The predicted molar refractivity (Wildman–Crippen MR) is 45.3 cm³/mol. The second kappa shape index (κ2) is 3.49. The topological polar surface area (TPSA) is 78.8 Å². The minimum atomic E-state index is -1.08. The zero-order valence-corrected chi connectivity index (χ0v) is 7.25. The Bertz CT molecular complexity index is 405. The first-order valence-electron chi connectivity index (χ1n) is 3.64. The van der Waals surface area contributed by atoms with Gasteiger partial charge in [0.15, 0.2) is 5.84 Å². The monoisotopic (exact) mass is 202 g/mol. The summed E-state index contributed by atoms with van der Waals surface area (Å²) in [7, 11) is 0. The van der Waals surface area contributed by atoms with Gasteiger partial charge in [0.1, 0.15) is 17.4 Å². The number of rotatable bonds is 1. The molecule has 1 aromatic carbocycles. The summed E-state index contributed by atoms with van der Waals surface area (Å²) in [5.41, 5.74) is 4.24. The molecule has 4 N–H and O–H groups in total. The highest BCUT2D eigenvalue weighted by Gasteiger charge is 2.18. The molecule has 76 valence electrons. The van der Waals surface area contributed by atoms with Crippen molar-refractivity contribution in [3.8, 4) is 5.75 Å². The van der Waals surface area contributed by atoms with Crippen molar-refractivity contribution in [2.45, 2.75) is 6.92 Å². The number of phenols is 1. The number of amidine groups is 1. The lowest BCUT2D eigenvalue weighted by atomic mass is 10.1. The zero-order valence-electron chi connectivity index (χ0n) is 7.25. The summed E-state index contributed by atoms with van der Waals surface area (Å²) < 4.78 is 26.3. The molecule has 0 saturated heterocycles. The van der Waals surface area contributed by atoms with Crippen LogP contribution in [-0.2, 0) is 0 Å². The fourth-order valence-electron chi connectivity index (χ4n) is 0.990. The van der Waals surface area contributed by atoms with Crippen molar-refractivity contribution in [2.75, 3.05) is 0 Å². The molecule has 0 fully saturated rings. The minimum Gasteiger partial charge on any atom is -0.507 e. The number of halogens is 2. The molecule has 0 spiro atoms. The predicted octanol–water partition coefficient (Wildman–Crippen LogP) is 1.07. The average Bonchev–Trinajstić information content (AvgIpc) is 2.14. The third kappa shape index (κ3) is 1.46. The molecule has 14 heavy (non-hydrogen) atoms. The summed E-state index contributed by atoms with van der Waals surface area (Å²) in [5, 5.41) is 19.8. The molecule has 1 rings (SSSR count). The van der Waals surface area contributed by atoms with Gasteiger partial charge in [-0.2, -0.15) is 0 Å². The SMILES string of the molecule is Cc1c(O)cc(F)c(/C(N)=N/O)c1F. The first-order chi connectivity index (χ1) is 6.49. The van der Waals surface area contributed by atoms with E-state index in [0.29, 0.717) is 6.07 Å². The van der Waals surface area contributed by atoms with Crippen LogP contribution < -0.4 is 5.73 Å². The molecular weight excluding hydrogens is 194 g/mol. The number of benzene rings is 1. The van der Waals surface area contributed by atoms with Gasteiger partial charge in [0.05, 0.1) is 5.56 Å². The maximum absolute atomic E-state index is 13.3. The number of hydrogen-bond donors (Lipinski definition) is 3. The van der Waals surface area contributed by atoms with Crippen molar-refractivity contribution in [3.05, 3.63) is 28.8 Å². The van der Waals surface area contributed by atoms with Crippen LogP contribution in [0.3, 0.4) is 0 Å². The lowest BCUT2D eigenvalue weighted by molar-refractivity contribution is 0.318. The minimum absolute atomic E-state index is 0.159. The van der Waals surface area contributed by atoms with E-state index in [1.807, 2.05) is 0 Å². The van der Waals surface area contributed by atoms with E-state index < -0.39 is 28.8 Å². The van der Waals surface area contributed by atoms with Crippen LogP contribution in [0.25, 0.3) is 0 Å². The van der Waals surface area contributed by atoms with Gasteiger partial charge in [0, 0.05) is 11.6 Å². The van der Waals surface area contributed by atoms with Crippen LogP contribution >= 0.6 is 0 Å². The molecule has 0 aliphatic carbocycles. The number of phenolic OH excluding ortho intramolecular Hbond substituents is 1. The van der Waals surface area contributed by atoms with E-state index in [-0.39, 0.29) is 5.56 Å². The Hall–Kier alpha value is -1.85. The van der Waals surface area contributed by atoms with Crippen LogP contribution in [0.5, 0.6) is 5.75 Å². The molecule has 4 nitrogen and oxygen atoms in total. The van der Waals surface area contributed by atoms with Crippen LogP contribution in [0.15, 0.2) is 11.2 Å². The summed E-state index contributed by atoms with van der Waals surface area (Å²) >= 11 is 0. The Labute approximate surface area is 78.3 Å². The van der Waals surface area contributed by atoms with Crippen molar-refractivity contribution in [3.63, 3.8) is 0 Å². The highest BCUT2D eigenvalue weighted by atomic mass is 19.1. The highest BCUT2D eigenvalue weighted by Crippen LogP contribution is 2.24. The van der Waals surface area contributed by atoms with Crippen LogP contribution in [0.1, 0.15) is 11.1 Å². The van der Waals surface area contributed by atoms with Gasteiger partial charge in [-0.3, -0.25) is 0 Å². The van der Waals surface area contributed by atoms with Crippen molar-refractivity contribution < 1.29 is 19.1 Å². The summed E-state index contributed by atoms with van der Waals surface area (Å²) in [4.78, 5) is 0. The zero-order chi connectivity index (χ0) is 10.9. The first-order valence-corrected chi connectivity index (χ1v) is 3.64.